The highest BCUT2D eigenvalue weighted by Gasteiger charge is 2.05. The fraction of sp³-hybridized carbons (Fsp3) is 0.333. The zero-order valence-electron chi connectivity index (χ0n) is 11.5. The molecule has 0 radical (unpaired) electrons. The summed E-state index contributed by atoms with van der Waals surface area (Å²) in [6.45, 7) is 2.83. The number of nitrogens with zero attached hydrogens (tertiary/aromatic N) is 2. The monoisotopic (exact) mass is 273 g/mol. The second-order valence-corrected chi connectivity index (χ2v) is 4.72. The maximum atomic E-state index is 11.8. The lowest BCUT2D eigenvalue weighted by Gasteiger charge is -2.07. The van der Waals surface area contributed by atoms with Crippen molar-refractivity contribution in [1.82, 2.24) is 15.1 Å². The van der Waals surface area contributed by atoms with Gasteiger partial charge in [-0.15, -0.1) is 0 Å². The Hall–Kier alpha value is -2.14. The van der Waals surface area contributed by atoms with E-state index in [2.05, 4.69) is 10.4 Å². The zero-order chi connectivity index (χ0) is 14.4. The smallest absolute Gasteiger partial charge is 0.241 e. The number of rotatable bonds is 6. The van der Waals surface area contributed by atoms with Crippen LogP contribution in [0.2, 0.25) is 0 Å². The topological polar surface area (TPSA) is 67.2 Å². The lowest BCUT2D eigenvalue weighted by molar-refractivity contribution is -0.122. The number of carbonyl (C=O) groups excluding carboxylic acids is 1. The number of hydrogen-bond acceptors (Lipinski definition) is 3. The third-order valence-electron chi connectivity index (χ3n) is 3.13. The van der Waals surface area contributed by atoms with Gasteiger partial charge in [-0.2, -0.15) is 5.10 Å². The number of hydrogen-bond donors (Lipinski definition) is 2. The Morgan fingerprint density at radius 2 is 2.20 bits per heavy atom. The molecule has 0 aliphatic carbocycles. The van der Waals surface area contributed by atoms with Crippen LogP contribution in [0.3, 0.4) is 0 Å². The van der Waals surface area contributed by atoms with E-state index in [1.807, 2.05) is 31.2 Å². The fourth-order valence-electron chi connectivity index (χ4n) is 1.96. The first-order valence-corrected chi connectivity index (χ1v) is 6.62. The summed E-state index contributed by atoms with van der Waals surface area (Å²) in [6, 6.07) is 7.97. The summed E-state index contributed by atoms with van der Waals surface area (Å²) in [7, 11) is 0. The van der Waals surface area contributed by atoms with Gasteiger partial charge >= 0.3 is 0 Å². The quantitative estimate of drug-likeness (QED) is 0.826. The molecule has 0 saturated carbocycles. The van der Waals surface area contributed by atoms with E-state index >= 15 is 0 Å². The molecule has 0 bridgehead atoms. The van der Waals surface area contributed by atoms with Gasteiger partial charge in [-0.1, -0.05) is 24.3 Å². The molecular formula is C15H19N3O2. The Kier molecular flexibility index (Phi) is 4.90. The summed E-state index contributed by atoms with van der Waals surface area (Å²) in [5.74, 6) is -0.0769. The maximum absolute atomic E-state index is 11.8. The van der Waals surface area contributed by atoms with Crippen molar-refractivity contribution in [3.8, 4) is 0 Å². The van der Waals surface area contributed by atoms with E-state index in [0.717, 1.165) is 16.7 Å². The molecule has 2 rings (SSSR count). The van der Waals surface area contributed by atoms with Crippen LogP contribution in [0.15, 0.2) is 36.7 Å². The summed E-state index contributed by atoms with van der Waals surface area (Å²) in [5.41, 5.74) is 3.21. The van der Waals surface area contributed by atoms with Gasteiger partial charge in [0.2, 0.25) is 5.91 Å². The lowest BCUT2D eigenvalue weighted by Crippen LogP contribution is -2.27. The standard InChI is InChI=1S/C15H19N3O2/c1-12-4-2-3-5-14(12)9-16-15(20)11-18-10-13(6-7-19)8-17-18/h2-5,8,10,19H,6-7,9,11H2,1H3,(H,16,20). The molecule has 0 aliphatic heterocycles. The molecule has 1 aromatic heterocycles. The van der Waals surface area contributed by atoms with Gasteiger partial charge < -0.3 is 10.4 Å². The van der Waals surface area contributed by atoms with Gasteiger partial charge in [0.1, 0.15) is 6.54 Å². The summed E-state index contributed by atoms with van der Waals surface area (Å²) >= 11 is 0. The minimum absolute atomic E-state index is 0.0769. The number of nitrogens with one attached hydrogen (secondary N) is 1. The van der Waals surface area contributed by atoms with Crippen molar-refractivity contribution in [2.24, 2.45) is 0 Å². The molecule has 106 valence electrons. The van der Waals surface area contributed by atoms with Crippen molar-refractivity contribution in [2.75, 3.05) is 6.61 Å². The second kappa shape index (κ2) is 6.86. The molecule has 5 heteroatoms. The van der Waals surface area contributed by atoms with Gasteiger partial charge in [0, 0.05) is 19.3 Å². The van der Waals surface area contributed by atoms with Crippen molar-refractivity contribution < 1.29 is 9.90 Å². The van der Waals surface area contributed by atoms with Gasteiger partial charge in [0.25, 0.3) is 0 Å². The van der Waals surface area contributed by atoms with Crippen LogP contribution in [0.5, 0.6) is 0 Å². The van der Waals surface area contributed by atoms with Gasteiger partial charge in [-0.05, 0) is 30.0 Å². The van der Waals surface area contributed by atoms with Gasteiger partial charge in [0.05, 0.1) is 6.20 Å². The summed E-state index contributed by atoms with van der Waals surface area (Å²) in [4.78, 5) is 11.8. The van der Waals surface area contributed by atoms with E-state index in [1.54, 1.807) is 17.1 Å². The molecule has 0 spiro atoms. The first-order valence-electron chi connectivity index (χ1n) is 6.62. The first-order chi connectivity index (χ1) is 9.69. The van der Waals surface area contributed by atoms with Crippen LogP contribution in [0, 0.1) is 6.92 Å². The highest BCUT2D eigenvalue weighted by molar-refractivity contribution is 5.75. The predicted molar refractivity (Wildman–Crippen MR) is 76.0 cm³/mol. The Morgan fingerprint density at radius 1 is 1.40 bits per heavy atom. The number of carbonyl (C=O) groups is 1. The van der Waals surface area contributed by atoms with Crippen molar-refractivity contribution >= 4 is 5.91 Å². The minimum atomic E-state index is -0.0769. The van der Waals surface area contributed by atoms with E-state index in [0.29, 0.717) is 13.0 Å². The SMILES string of the molecule is Cc1ccccc1CNC(=O)Cn1cc(CCO)cn1. The molecule has 1 aromatic carbocycles. The highest BCUT2D eigenvalue weighted by Crippen LogP contribution is 2.06. The molecule has 1 heterocycles. The van der Waals surface area contributed by atoms with E-state index in [1.165, 1.54) is 0 Å². The Balaban J connectivity index is 1.84. The minimum Gasteiger partial charge on any atom is -0.396 e. The number of aliphatic hydroxyl groups excluding tert-OH is 1. The van der Waals surface area contributed by atoms with Crippen LogP contribution < -0.4 is 5.32 Å². The third-order valence-corrected chi connectivity index (χ3v) is 3.13. The van der Waals surface area contributed by atoms with Crippen LogP contribution in [0.1, 0.15) is 16.7 Å². The average molecular weight is 273 g/mol. The molecule has 0 saturated heterocycles. The number of amides is 1. The van der Waals surface area contributed by atoms with E-state index < -0.39 is 0 Å². The molecule has 0 aliphatic rings. The Bertz CT molecular complexity index is 578. The molecule has 5 nitrogen and oxygen atoms in total. The summed E-state index contributed by atoms with van der Waals surface area (Å²) in [6.07, 6.45) is 4.01. The van der Waals surface area contributed by atoms with E-state index in [4.69, 9.17) is 5.11 Å². The van der Waals surface area contributed by atoms with Crippen LogP contribution in [-0.4, -0.2) is 27.4 Å². The predicted octanol–water partition coefficient (Wildman–Crippen LogP) is 1.04. The van der Waals surface area contributed by atoms with Crippen LogP contribution in [-0.2, 0) is 24.3 Å². The average Bonchev–Trinajstić information content (AvgIpc) is 2.85. The summed E-state index contributed by atoms with van der Waals surface area (Å²) in [5, 5.41) is 15.8. The van der Waals surface area contributed by atoms with Crippen molar-refractivity contribution in [3.63, 3.8) is 0 Å². The third kappa shape index (κ3) is 3.93. The number of aryl methyl sites for hydroxylation is 1. The molecule has 0 fully saturated rings. The van der Waals surface area contributed by atoms with Crippen LogP contribution in [0.4, 0.5) is 0 Å². The molecule has 20 heavy (non-hydrogen) atoms. The van der Waals surface area contributed by atoms with Crippen molar-refractivity contribution in [2.45, 2.75) is 26.4 Å². The largest absolute Gasteiger partial charge is 0.396 e. The summed E-state index contributed by atoms with van der Waals surface area (Å²) < 4.78 is 1.58. The zero-order valence-corrected chi connectivity index (χ0v) is 11.5. The van der Waals surface area contributed by atoms with Crippen molar-refractivity contribution in [1.29, 1.82) is 0 Å². The van der Waals surface area contributed by atoms with E-state index in [9.17, 15) is 4.79 Å². The van der Waals surface area contributed by atoms with Gasteiger partial charge in [-0.3, -0.25) is 9.48 Å². The number of aromatic nitrogens is 2. The second-order valence-electron chi connectivity index (χ2n) is 4.72. The lowest BCUT2D eigenvalue weighted by atomic mass is 10.1. The molecular weight excluding hydrogens is 254 g/mol. The molecule has 1 amide bonds. The van der Waals surface area contributed by atoms with E-state index in [-0.39, 0.29) is 19.1 Å². The van der Waals surface area contributed by atoms with Gasteiger partial charge in [0.15, 0.2) is 0 Å². The van der Waals surface area contributed by atoms with Crippen LogP contribution in [0.25, 0.3) is 0 Å². The molecule has 0 atom stereocenters. The fourth-order valence-corrected chi connectivity index (χ4v) is 1.96. The Morgan fingerprint density at radius 3 is 2.95 bits per heavy atom. The van der Waals surface area contributed by atoms with Crippen LogP contribution >= 0.6 is 0 Å². The molecule has 2 aromatic rings. The van der Waals surface area contributed by atoms with Crippen molar-refractivity contribution in [3.05, 3.63) is 53.3 Å². The molecule has 2 N–H and O–H groups in total. The normalized spacial score (nSPS) is 10.5. The number of benzene rings is 1. The maximum Gasteiger partial charge on any atom is 0.241 e. The molecule has 0 unspecified atom stereocenters. The Labute approximate surface area is 118 Å². The first kappa shape index (κ1) is 14.3. The number of aliphatic hydroxyl groups is 1. The highest BCUT2D eigenvalue weighted by atomic mass is 16.3. The van der Waals surface area contributed by atoms with Gasteiger partial charge in [-0.25, -0.2) is 0 Å².